The van der Waals surface area contributed by atoms with Gasteiger partial charge < -0.3 is 9.80 Å². The van der Waals surface area contributed by atoms with E-state index in [0.717, 1.165) is 0 Å². The van der Waals surface area contributed by atoms with Crippen molar-refractivity contribution >= 4 is 81.4 Å². The number of hydrogen-bond donors (Lipinski definition) is 0. The Morgan fingerprint density at radius 3 is 1.96 bits per heavy atom. The normalized spacial score (nSPS) is 24.6. The average molecular weight is 459 g/mol. The lowest BCUT2D eigenvalue weighted by Crippen LogP contribution is -2.56. The smallest absolute Gasteiger partial charge is 0.270 e. The van der Waals surface area contributed by atoms with E-state index in [9.17, 15) is 9.59 Å². The standard InChI is InChI=1S/C14H18Cl6N2O2/c1-7(13(15,16)17)5-9-11(23)22(4)10(12(24)21(9)3)6-8(2)14(18,19)20/h5,7-8,10H,6H2,1-4H3/b9-5-. The number of rotatable bonds is 3. The van der Waals surface area contributed by atoms with Crippen LogP contribution in [0.25, 0.3) is 0 Å². The molecule has 1 aliphatic heterocycles. The summed E-state index contributed by atoms with van der Waals surface area (Å²) in [6.07, 6.45) is 1.69. The summed E-state index contributed by atoms with van der Waals surface area (Å²) < 4.78 is -3.11. The van der Waals surface area contributed by atoms with E-state index in [4.69, 9.17) is 69.6 Å². The van der Waals surface area contributed by atoms with Crippen molar-refractivity contribution in [3.8, 4) is 0 Å². The highest BCUT2D eigenvalue weighted by Gasteiger charge is 2.43. The molecule has 0 saturated carbocycles. The minimum Gasteiger partial charge on any atom is -0.328 e. The van der Waals surface area contributed by atoms with Gasteiger partial charge in [0.1, 0.15) is 11.7 Å². The first-order chi connectivity index (χ1) is 10.7. The highest BCUT2D eigenvalue weighted by Crippen LogP contribution is 2.39. The summed E-state index contributed by atoms with van der Waals surface area (Å²) in [5, 5.41) is 0. The lowest BCUT2D eigenvalue weighted by Gasteiger charge is -2.40. The Morgan fingerprint density at radius 1 is 1.04 bits per heavy atom. The number of halogens is 6. The first-order valence-corrected chi connectivity index (χ1v) is 9.34. The van der Waals surface area contributed by atoms with Gasteiger partial charge in [0.2, 0.25) is 5.91 Å². The zero-order chi connectivity index (χ0) is 19.0. The molecule has 1 fully saturated rings. The van der Waals surface area contributed by atoms with Gasteiger partial charge >= 0.3 is 0 Å². The molecular formula is C14H18Cl6N2O2. The molecule has 0 spiro atoms. The lowest BCUT2D eigenvalue weighted by molar-refractivity contribution is -0.149. The molecule has 1 heterocycles. The Balaban J connectivity index is 3.09. The Bertz CT molecular complexity index is 540. The molecule has 1 saturated heterocycles. The fourth-order valence-electron chi connectivity index (χ4n) is 2.22. The third kappa shape index (κ3) is 5.21. The Labute approximate surface area is 171 Å². The molecule has 10 heteroatoms. The summed E-state index contributed by atoms with van der Waals surface area (Å²) in [7, 11) is 3.02. The van der Waals surface area contributed by atoms with Crippen LogP contribution in [0.5, 0.6) is 0 Å². The lowest BCUT2D eigenvalue weighted by atomic mass is 9.97. The van der Waals surface area contributed by atoms with Gasteiger partial charge in [0, 0.05) is 25.9 Å². The van der Waals surface area contributed by atoms with Crippen LogP contribution in [-0.4, -0.2) is 49.3 Å². The minimum atomic E-state index is -1.59. The summed E-state index contributed by atoms with van der Waals surface area (Å²) in [6.45, 7) is 3.34. The SMILES string of the molecule is CC(/C=C1/C(=O)N(C)C(CC(C)C(Cl)(Cl)Cl)C(=O)N1C)C(Cl)(Cl)Cl. The zero-order valence-corrected chi connectivity index (χ0v) is 18.0. The summed E-state index contributed by atoms with van der Waals surface area (Å²) in [5.74, 6) is -1.65. The van der Waals surface area contributed by atoms with E-state index in [1.54, 1.807) is 13.8 Å². The van der Waals surface area contributed by atoms with Crippen LogP contribution in [0.2, 0.25) is 0 Å². The maximum Gasteiger partial charge on any atom is 0.270 e. The van der Waals surface area contributed by atoms with Crippen LogP contribution < -0.4 is 0 Å². The van der Waals surface area contributed by atoms with Crippen molar-refractivity contribution in [2.75, 3.05) is 14.1 Å². The number of carbonyl (C=O) groups is 2. The van der Waals surface area contributed by atoms with Crippen molar-refractivity contribution in [1.82, 2.24) is 9.80 Å². The predicted molar refractivity (Wildman–Crippen MR) is 101 cm³/mol. The minimum absolute atomic E-state index is 0.152. The summed E-state index contributed by atoms with van der Waals surface area (Å²) >= 11 is 35.1. The summed E-state index contributed by atoms with van der Waals surface area (Å²) in [6, 6.07) is -0.728. The van der Waals surface area contributed by atoms with E-state index in [-0.39, 0.29) is 23.9 Å². The van der Waals surface area contributed by atoms with Crippen molar-refractivity contribution in [3.63, 3.8) is 0 Å². The van der Waals surface area contributed by atoms with Crippen molar-refractivity contribution in [3.05, 3.63) is 11.8 Å². The van der Waals surface area contributed by atoms with Gasteiger partial charge in [-0.15, -0.1) is 0 Å². The molecule has 3 unspecified atom stereocenters. The molecule has 1 rings (SSSR count). The number of hydrogen-bond acceptors (Lipinski definition) is 2. The highest BCUT2D eigenvalue weighted by atomic mass is 35.6. The molecule has 138 valence electrons. The maximum absolute atomic E-state index is 12.6. The molecule has 0 bridgehead atoms. The number of alkyl halides is 6. The molecule has 0 aromatic carbocycles. The fraction of sp³-hybridized carbons (Fsp3) is 0.714. The molecule has 0 radical (unpaired) electrons. The van der Waals surface area contributed by atoms with Gasteiger partial charge in [-0.1, -0.05) is 83.5 Å². The van der Waals surface area contributed by atoms with Crippen LogP contribution in [-0.2, 0) is 9.59 Å². The van der Waals surface area contributed by atoms with Crippen molar-refractivity contribution in [1.29, 1.82) is 0 Å². The number of likely N-dealkylation sites (N-methyl/N-ethyl adjacent to an activating group) is 2. The average Bonchev–Trinajstić information content (AvgIpc) is 2.43. The van der Waals surface area contributed by atoms with Gasteiger partial charge in [-0.3, -0.25) is 9.59 Å². The van der Waals surface area contributed by atoms with E-state index in [2.05, 4.69) is 0 Å². The largest absolute Gasteiger partial charge is 0.328 e. The second-order valence-corrected chi connectivity index (χ2v) is 10.6. The molecule has 0 N–H and O–H groups in total. The summed E-state index contributed by atoms with van der Waals surface area (Å²) in [5.41, 5.74) is 0.152. The molecule has 0 aromatic heterocycles. The third-order valence-electron chi connectivity index (χ3n) is 4.04. The van der Waals surface area contributed by atoms with Gasteiger partial charge in [-0.2, -0.15) is 0 Å². The van der Waals surface area contributed by atoms with E-state index >= 15 is 0 Å². The third-order valence-corrected chi connectivity index (χ3v) is 6.19. The summed E-state index contributed by atoms with van der Waals surface area (Å²) in [4.78, 5) is 27.8. The monoisotopic (exact) mass is 456 g/mol. The molecule has 4 nitrogen and oxygen atoms in total. The van der Waals surface area contributed by atoms with Crippen LogP contribution in [0.4, 0.5) is 0 Å². The molecule has 0 aliphatic carbocycles. The van der Waals surface area contributed by atoms with E-state index in [1.165, 1.54) is 30.0 Å². The van der Waals surface area contributed by atoms with Crippen LogP contribution in [0, 0.1) is 11.8 Å². The number of piperazine rings is 1. The van der Waals surface area contributed by atoms with Gasteiger partial charge in [0.25, 0.3) is 5.91 Å². The van der Waals surface area contributed by atoms with E-state index < -0.39 is 25.5 Å². The van der Waals surface area contributed by atoms with Crippen LogP contribution in [0.1, 0.15) is 20.3 Å². The number of allylic oxidation sites excluding steroid dienone is 1. The van der Waals surface area contributed by atoms with E-state index in [0.29, 0.717) is 0 Å². The van der Waals surface area contributed by atoms with Crippen molar-refractivity contribution in [2.45, 2.75) is 33.9 Å². The Hall–Kier alpha value is 0.420. The first-order valence-electron chi connectivity index (χ1n) is 7.07. The molecule has 2 amide bonds. The van der Waals surface area contributed by atoms with E-state index in [1.807, 2.05) is 0 Å². The molecule has 3 atom stereocenters. The van der Waals surface area contributed by atoms with Crippen molar-refractivity contribution in [2.24, 2.45) is 11.8 Å². The Kier molecular flexibility index (Phi) is 7.46. The Morgan fingerprint density at radius 2 is 1.54 bits per heavy atom. The first kappa shape index (κ1) is 22.5. The molecule has 24 heavy (non-hydrogen) atoms. The molecule has 1 aliphatic rings. The molecular weight excluding hydrogens is 441 g/mol. The zero-order valence-electron chi connectivity index (χ0n) is 13.5. The van der Waals surface area contributed by atoms with Crippen LogP contribution >= 0.6 is 69.6 Å². The van der Waals surface area contributed by atoms with Gasteiger partial charge in [0.15, 0.2) is 7.59 Å². The van der Waals surface area contributed by atoms with Crippen LogP contribution in [0.15, 0.2) is 11.8 Å². The number of carbonyl (C=O) groups excluding carboxylic acids is 2. The number of amides is 2. The number of nitrogens with zero attached hydrogens (tertiary/aromatic N) is 2. The van der Waals surface area contributed by atoms with Crippen molar-refractivity contribution < 1.29 is 9.59 Å². The van der Waals surface area contributed by atoms with Gasteiger partial charge in [-0.25, -0.2) is 0 Å². The van der Waals surface area contributed by atoms with Gasteiger partial charge in [0.05, 0.1) is 0 Å². The predicted octanol–water partition coefficient (Wildman–Crippen LogP) is 4.57. The second kappa shape index (κ2) is 7.98. The maximum atomic E-state index is 12.6. The van der Waals surface area contributed by atoms with Crippen LogP contribution in [0.3, 0.4) is 0 Å². The highest BCUT2D eigenvalue weighted by molar-refractivity contribution is 6.68. The second-order valence-electron chi connectivity index (χ2n) is 5.89. The fourth-order valence-corrected chi connectivity index (χ4v) is 2.67. The quantitative estimate of drug-likeness (QED) is 0.459. The molecule has 0 aromatic rings. The topological polar surface area (TPSA) is 40.6 Å². The van der Waals surface area contributed by atoms with Gasteiger partial charge in [-0.05, 0) is 12.5 Å².